The average Bonchev–Trinajstić information content (AvgIpc) is 2.54. The Morgan fingerprint density at radius 3 is 2.70 bits per heavy atom. The zero-order valence-corrected chi connectivity index (χ0v) is 14.2. The summed E-state index contributed by atoms with van der Waals surface area (Å²) in [5, 5.41) is 9.83. The summed E-state index contributed by atoms with van der Waals surface area (Å²) < 4.78 is 11.1. The van der Waals surface area contributed by atoms with Crippen LogP contribution in [0.5, 0.6) is 11.5 Å². The van der Waals surface area contributed by atoms with E-state index >= 15 is 0 Å². The molecular weight excluding hydrogens is 294 g/mol. The van der Waals surface area contributed by atoms with Crippen LogP contribution in [-0.4, -0.2) is 23.7 Å². The van der Waals surface area contributed by atoms with Gasteiger partial charge in [0.1, 0.15) is 18.1 Å². The first-order valence-electron chi connectivity index (χ1n) is 8.44. The summed E-state index contributed by atoms with van der Waals surface area (Å²) in [5.74, 6) is 0.442. The van der Waals surface area contributed by atoms with E-state index in [-0.39, 0.29) is 24.4 Å². The SMILES string of the molecule is CCCCC(CC)Oc1cc(O)cc(COC(=O)CCCN)c1. The van der Waals surface area contributed by atoms with Crippen LogP contribution in [0.25, 0.3) is 0 Å². The molecule has 0 aliphatic carbocycles. The number of carbonyl (C=O) groups is 1. The van der Waals surface area contributed by atoms with E-state index in [0.717, 1.165) is 25.7 Å². The van der Waals surface area contributed by atoms with Gasteiger partial charge in [-0.1, -0.05) is 26.7 Å². The van der Waals surface area contributed by atoms with Crippen molar-refractivity contribution >= 4 is 5.97 Å². The number of rotatable bonds is 11. The average molecular weight is 323 g/mol. The third-order valence-electron chi connectivity index (χ3n) is 3.57. The predicted octanol–water partition coefficient (Wildman–Crippen LogP) is 3.52. The number of aromatic hydroxyl groups is 1. The molecule has 3 N–H and O–H groups in total. The normalized spacial score (nSPS) is 12.0. The van der Waals surface area contributed by atoms with Gasteiger partial charge in [0.25, 0.3) is 0 Å². The van der Waals surface area contributed by atoms with Gasteiger partial charge in [-0.2, -0.15) is 0 Å². The number of esters is 1. The molecule has 0 amide bonds. The van der Waals surface area contributed by atoms with Gasteiger partial charge in [0.05, 0.1) is 6.10 Å². The molecule has 0 bridgehead atoms. The highest BCUT2D eigenvalue weighted by Crippen LogP contribution is 2.25. The second-order valence-electron chi connectivity index (χ2n) is 5.68. The van der Waals surface area contributed by atoms with Gasteiger partial charge in [-0.25, -0.2) is 0 Å². The predicted molar refractivity (Wildman–Crippen MR) is 90.4 cm³/mol. The molecule has 0 aliphatic rings. The molecule has 0 heterocycles. The third kappa shape index (κ3) is 7.88. The minimum Gasteiger partial charge on any atom is -0.508 e. The van der Waals surface area contributed by atoms with E-state index in [9.17, 15) is 9.90 Å². The highest BCUT2D eigenvalue weighted by molar-refractivity contribution is 5.69. The summed E-state index contributed by atoms with van der Waals surface area (Å²) in [6, 6.07) is 4.98. The monoisotopic (exact) mass is 323 g/mol. The van der Waals surface area contributed by atoms with E-state index in [0.29, 0.717) is 30.7 Å². The molecule has 1 aromatic rings. The molecule has 0 fully saturated rings. The number of ether oxygens (including phenoxy) is 2. The standard InChI is InChI=1S/C18H29NO4/c1-3-5-7-16(4-2)23-17-11-14(10-15(20)12-17)13-22-18(21)8-6-9-19/h10-12,16,20H,3-9,13,19H2,1-2H3. The first-order chi connectivity index (χ1) is 11.1. The molecule has 5 nitrogen and oxygen atoms in total. The van der Waals surface area contributed by atoms with Crippen molar-refractivity contribution in [2.24, 2.45) is 5.73 Å². The first kappa shape index (κ1) is 19.3. The molecule has 0 radical (unpaired) electrons. The van der Waals surface area contributed by atoms with Crippen molar-refractivity contribution in [2.75, 3.05) is 6.54 Å². The molecule has 0 saturated carbocycles. The van der Waals surface area contributed by atoms with Gasteiger partial charge in [-0.05, 0) is 43.5 Å². The molecule has 0 saturated heterocycles. The molecule has 1 aromatic carbocycles. The Hall–Kier alpha value is -1.75. The van der Waals surface area contributed by atoms with Gasteiger partial charge >= 0.3 is 5.97 Å². The van der Waals surface area contributed by atoms with Crippen molar-refractivity contribution in [2.45, 2.75) is 65.1 Å². The third-order valence-corrected chi connectivity index (χ3v) is 3.57. The molecule has 0 aromatic heterocycles. The topological polar surface area (TPSA) is 81.8 Å². The fraction of sp³-hybridized carbons (Fsp3) is 0.611. The summed E-state index contributed by atoms with van der Waals surface area (Å²) >= 11 is 0. The molecule has 130 valence electrons. The van der Waals surface area contributed by atoms with Crippen LogP contribution in [0.4, 0.5) is 0 Å². The lowest BCUT2D eigenvalue weighted by molar-refractivity contribution is -0.145. The van der Waals surface area contributed by atoms with Crippen LogP contribution in [0.3, 0.4) is 0 Å². The maximum atomic E-state index is 11.5. The minimum atomic E-state index is -0.282. The highest BCUT2D eigenvalue weighted by atomic mass is 16.5. The van der Waals surface area contributed by atoms with Crippen molar-refractivity contribution in [3.8, 4) is 11.5 Å². The first-order valence-corrected chi connectivity index (χ1v) is 8.44. The Kier molecular flexibility index (Phi) is 9.14. The van der Waals surface area contributed by atoms with E-state index in [2.05, 4.69) is 13.8 Å². The smallest absolute Gasteiger partial charge is 0.306 e. The molecule has 0 aliphatic heterocycles. The number of nitrogens with two attached hydrogens (primary N) is 1. The van der Waals surface area contributed by atoms with E-state index in [1.54, 1.807) is 12.1 Å². The van der Waals surface area contributed by atoms with Gasteiger partial charge in [0.15, 0.2) is 0 Å². The van der Waals surface area contributed by atoms with Gasteiger partial charge in [-0.15, -0.1) is 0 Å². The van der Waals surface area contributed by atoms with Crippen LogP contribution < -0.4 is 10.5 Å². The summed E-state index contributed by atoms with van der Waals surface area (Å²) in [6.07, 6.45) is 5.21. The summed E-state index contributed by atoms with van der Waals surface area (Å²) in [4.78, 5) is 11.5. The van der Waals surface area contributed by atoms with Crippen molar-refractivity contribution in [1.82, 2.24) is 0 Å². The number of unbranched alkanes of at least 4 members (excludes halogenated alkanes) is 1. The fourth-order valence-corrected chi connectivity index (χ4v) is 2.25. The van der Waals surface area contributed by atoms with Crippen LogP contribution in [-0.2, 0) is 16.1 Å². The fourth-order valence-electron chi connectivity index (χ4n) is 2.25. The quantitative estimate of drug-likeness (QED) is 0.609. The Morgan fingerprint density at radius 2 is 2.04 bits per heavy atom. The minimum absolute atomic E-state index is 0.112. The molecular formula is C18H29NO4. The number of hydrogen-bond acceptors (Lipinski definition) is 5. The van der Waals surface area contributed by atoms with Crippen molar-refractivity contribution in [1.29, 1.82) is 0 Å². The summed E-state index contributed by atoms with van der Waals surface area (Å²) in [7, 11) is 0. The van der Waals surface area contributed by atoms with Gasteiger partial charge in [0.2, 0.25) is 0 Å². The maximum absolute atomic E-state index is 11.5. The Morgan fingerprint density at radius 1 is 1.26 bits per heavy atom. The second kappa shape index (κ2) is 10.9. The number of hydrogen-bond donors (Lipinski definition) is 2. The number of benzene rings is 1. The van der Waals surface area contributed by atoms with Crippen LogP contribution >= 0.6 is 0 Å². The Labute approximate surface area is 138 Å². The zero-order valence-electron chi connectivity index (χ0n) is 14.2. The lowest BCUT2D eigenvalue weighted by atomic mass is 10.1. The van der Waals surface area contributed by atoms with Crippen LogP contribution in [0.15, 0.2) is 18.2 Å². The van der Waals surface area contributed by atoms with Crippen LogP contribution in [0.2, 0.25) is 0 Å². The number of phenolic OH excluding ortho intramolecular Hbond substituents is 1. The largest absolute Gasteiger partial charge is 0.508 e. The van der Waals surface area contributed by atoms with Crippen molar-refractivity contribution in [3.63, 3.8) is 0 Å². The molecule has 1 atom stereocenters. The van der Waals surface area contributed by atoms with E-state index in [1.165, 1.54) is 0 Å². The lowest BCUT2D eigenvalue weighted by Gasteiger charge is -2.18. The second-order valence-corrected chi connectivity index (χ2v) is 5.68. The van der Waals surface area contributed by atoms with E-state index < -0.39 is 0 Å². The lowest BCUT2D eigenvalue weighted by Crippen LogP contribution is -2.15. The highest BCUT2D eigenvalue weighted by Gasteiger charge is 2.10. The van der Waals surface area contributed by atoms with Crippen LogP contribution in [0.1, 0.15) is 57.9 Å². The molecule has 5 heteroatoms. The van der Waals surface area contributed by atoms with Gasteiger partial charge in [-0.3, -0.25) is 4.79 Å². The maximum Gasteiger partial charge on any atom is 0.306 e. The van der Waals surface area contributed by atoms with E-state index in [1.807, 2.05) is 6.07 Å². The summed E-state index contributed by atoms with van der Waals surface area (Å²) in [6.45, 7) is 4.83. The Balaban J connectivity index is 2.61. The number of carbonyl (C=O) groups excluding carboxylic acids is 1. The molecule has 23 heavy (non-hydrogen) atoms. The molecule has 1 unspecified atom stereocenters. The number of phenols is 1. The van der Waals surface area contributed by atoms with Crippen molar-refractivity contribution in [3.05, 3.63) is 23.8 Å². The molecule has 0 spiro atoms. The van der Waals surface area contributed by atoms with Crippen LogP contribution in [0, 0.1) is 0 Å². The Bertz CT molecular complexity index is 476. The summed E-state index contributed by atoms with van der Waals surface area (Å²) in [5.41, 5.74) is 6.07. The van der Waals surface area contributed by atoms with Crippen molar-refractivity contribution < 1.29 is 19.4 Å². The van der Waals surface area contributed by atoms with Gasteiger partial charge < -0.3 is 20.3 Å². The van der Waals surface area contributed by atoms with E-state index in [4.69, 9.17) is 15.2 Å². The van der Waals surface area contributed by atoms with Gasteiger partial charge in [0, 0.05) is 12.5 Å². The zero-order chi connectivity index (χ0) is 17.1. The molecule has 1 rings (SSSR count).